The summed E-state index contributed by atoms with van der Waals surface area (Å²) in [5.74, 6) is -0.157. The van der Waals surface area contributed by atoms with Gasteiger partial charge in [-0.3, -0.25) is 14.5 Å². The average molecular weight is 480 g/mol. The van der Waals surface area contributed by atoms with Gasteiger partial charge in [0.25, 0.3) is 0 Å². The fourth-order valence-corrected chi connectivity index (χ4v) is 4.96. The van der Waals surface area contributed by atoms with Crippen LogP contribution in [0.25, 0.3) is 0 Å². The predicted octanol–water partition coefficient (Wildman–Crippen LogP) is 1.49. The van der Waals surface area contributed by atoms with E-state index in [1.165, 1.54) is 16.8 Å². The zero-order chi connectivity index (χ0) is 24.4. The Morgan fingerprint density at radius 2 is 1.69 bits per heavy atom. The van der Waals surface area contributed by atoms with Gasteiger partial charge in [-0.2, -0.15) is 0 Å². The van der Waals surface area contributed by atoms with Crippen LogP contribution in [-0.2, 0) is 16.0 Å². The average Bonchev–Trinajstić information content (AvgIpc) is 3.25. The molecule has 1 saturated heterocycles. The molecule has 2 aromatic rings. The van der Waals surface area contributed by atoms with Gasteiger partial charge >= 0.3 is 11.8 Å². The number of carbonyl (C=O) groups excluding carboxylic acids is 2. The van der Waals surface area contributed by atoms with Gasteiger partial charge in [-0.1, -0.05) is 12.1 Å². The van der Waals surface area contributed by atoms with E-state index in [2.05, 4.69) is 57.6 Å². The Balaban J connectivity index is 1.26. The molecule has 35 heavy (non-hydrogen) atoms. The number of fused-ring (bicyclic) bond motifs is 2. The third-order valence-electron chi connectivity index (χ3n) is 7.06. The molecular weight excluding hydrogens is 446 g/mol. The van der Waals surface area contributed by atoms with Crippen LogP contribution in [0.5, 0.6) is 11.5 Å². The van der Waals surface area contributed by atoms with Crippen LogP contribution in [0.15, 0.2) is 36.4 Å². The van der Waals surface area contributed by atoms with Crippen molar-refractivity contribution in [2.75, 3.05) is 76.8 Å². The van der Waals surface area contributed by atoms with E-state index in [0.717, 1.165) is 39.1 Å². The number of ether oxygens (including phenoxy) is 2. The van der Waals surface area contributed by atoms with Gasteiger partial charge in [0.15, 0.2) is 11.5 Å². The molecule has 1 unspecified atom stereocenters. The number of amides is 2. The first-order chi connectivity index (χ1) is 17.0. The maximum atomic E-state index is 12.7. The van der Waals surface area contributed by atoms with Gasteiger partial charge in [0.1, 0.15) is 13.2 Å². The molecule has 186 valence electrons. The number of rotatable bonds is 5. The summed E-state index contributed by atoms with van der Waals surface area (Å²) in [7, 11) is 4.24. The third kappa shape index (κ3) is 5.21. The lowest BCUT2D eigenvalue weighted by atomic mass is 10.00. The minimum atomic E-state index is -0.700. The molecule has 0 saturated carbocycles. The zero-order valence-electron chi connectivity index (χ0n) is 20.4. The number of likely N-dealkylation sites (N-methyl/N-ethyl adjacent to an activating group) is 2. The summed E-state index contributed by atoms with van der Waals surface area (Å²) >= 11 is 0. The second-order valence-corrected chi connectivity index (χ2v) is 9.44. The van der Waals surface area contributed by atoms with Crippen LogP contribution >= 0.6 is 0 Å². The topological polar surface area (TPSA) is 86.4 Å². The van der Waals surface area contributed by atoms with E-state index < -0.39 is 11.8 Å². The quantitative estimate of drug-likeness (QED) is 0.629. The molecule has 5 rings (SSSR count). The van der Waals surface area contributed by atoms with Crippen molar-refractivity contribution in [1.82, 2.24) is 15.1 Å². The van der Waals surface area contributed by atoms with Crippen LogP contribution < -0.4 is 25.0 Å². The highest BCUT2D eigenvalue weighted by Crippen LogP contribution is 2.33. The molecule has 3 aliphatic heterocycles. The summed E-state index contributed by atoms with van der Waals surface area (Å²) in [6.07, 6.45) is 1.03. The van der Waals surface area contributed by atoms with Crippen molar-refractivity contribution in [3.63, 3.8) is 0 Å². The summed E-state index contributed by atoms with van der Waals surface area (Å²) < 4.78 is 11.1. The van der Waals surface area contributed by atoms with Gasteiger partial charge in [-0.25, -0.2) is 0 Å². The molecule has 0 spiro atoms. The minimum absolute atomic E-state index is 0.00551. The van der Waals surface area contributed by atoms with E-state index >= 15 is 0 Å². The van der Waals surface area contributed by atoms with Crippen molar-refractivity contribution in [3.8, 4) is 11.5 Å². The van der Waals surface area contributed by atoms with Gasteiger partial charge in [-0.05, 0) is 42.8 Å². The SMILES string of the molecule is CN1CCN(C(CNC(=O)C(=O)Nc2ccc3c(c2)OCCO3)c2ccc3c(c2)CCN3C)CC1. The largest absolute Gasteiger partial charge is 0.486 e. The van der Waals surface area contributed by atoms with Crippen LogP contribution in [0, 0.1) is 0 Å². The molecule has 2 amide bonds. The Kier molecular flexibility index (Phi) is 6.79. The fraction of sp³-hybridized carbons (Fsp3) is 0.462. The van der Waals surface area contributed by atoms with Crippen LogP contribution in [0.3, 0.4) is 0 Å². The Hall–Kier alpha value is -3.30. The van der Waals surface area contributed by atoms with Crippen molar-refractivity contribution >= 4 is 23.2 Å². The summed E-state index contributed by atoms with van der Waals surface area (Å²) in [6, 6.07) is 11.7. The first kappa shape index (κ1) is 23.4. The lowest BCUT2D eigenvalue weighted by Gasteiger charge is -2.38. The smallest absolute Gasteiger partial charge is 0.313 e. The Bertz CT molecular complexity index is 1100. The van der Waals surface area contributed by atoms with Crippen LogP contribution in [-0.4, -0.2) is 88.2 Å². The van der Waals surface area contributed by atoms with Gasteiger partial charge in [-0.15, -0.1) is 0 Å². The van der Waals surface area contributed by atoms with Crippen molar-refractivity contribution in [1.29, 1.82) is 0 Å². The number of nitrogens with zero attached hydrogens (tertiary/aromatic N) is 3. The molecule has 9 heteroatoms. The Morgan fingerprint density at radius 1 is 0.914 bits per heavy atom. The predicted molar refractivity (Wildman–Crippen MR) is 134 cm³/mol. The van der Waals surface area contributed by atoms with Gasteiger partial charge in [0.05, 0.1) is 6.04 Å². The standard InChI is InChI=1S/C26H33N5O4/c1-29-9-11-31(12-10-29)22(18-3-5-21-19(15-18)7-8-30(21)2)17-27-25(32)26(33)28-20-4-6-23-24(16-20)35-14-13-34-23/h3-6,15-16,22H,7-14,17H2,1-2H3,(H,27,32)(H,28,33). The van der Waals surface area contributed by atoms with E-state index in [4.69, 9.17) is 9.47 Å². The maximum absolute atomic E-state index is 12.7. The monoisotopic (exact) mass is 479 g/mol. The van der Waals surface area contributed by atoms with Gasteiger partial charge in [0, 0.05) is 63.8 Å². The summed E-state index contributed by atoms with van der Waals surface area (Å²) in [5.41, 5.74) is 4.28. The van der Waals surface area contributed by atoms with Crippen LogP contribution in [0.1, 0.15) is 17.2 Å². The molecule has 0 radical (unpaired) electrons. The van der Waals surface area contributed by atoms with E-state index in [0.29, 0.717) is 36.9 Å². The number of anilines is 2. The number of carbonyl (C=O) groups is 2. The number of piperazine rings is 1. The van der Waals surface area contributed by atoms with E-state index in [9.17, 15) is 9.59 Å². The zero-order valence-corrected chi connectivity index (χ0v) is 20.4. The van der Waals surface area contributed by atoms with Crippen LogP contribution in [0.4, 0.5) is 11.4 Å². The third-order valence-corrected chi connectivity index (χ3v) is 7.06. The molecule has 3 heterocycles. The molecule has 1 fully saturated rings. The fourth-order valence-electron chi connectivity index (χ4n) is 4.96. The second kappa shape index (κ2) is 10.1. The van der Waals surface area contributed by atoms with Crippen LogP contribution in [0.2, 0.25) is 0 Å². The number of hydrogen-bond donors (Lipinski definition) is 2. The highest BCUT2D eigenvalue weighted by atomic mass is 16.6. The first-order valence-corrected chi connectivity index (χ1v) is 12.2. The normalized spacial score (nSPS) is 18.6. The molecule has 0 aliphatic carbocycles. The Morgan fingerprint density at radius 3 is 2.49 bits per heavy atom. The highest BCUT2D eigenvalue weighted by Gasteiger charge is 2.27. The second-order valence-electron chi connectivity index (χ2n) is 9.44. The molecule has 1 atom stereocenters. The van der Waals surface area contributed by atoms with E-state index in [-0.39, 0.29) is 6.04 Å². The maximum Gasteiger partial charge on any atom is 0.313 e. The van der Waals surface area contributed by atoms with Crippen molar-refractivity contribution < 1.29 is 19.1 Å². The lowest BCUT2D eigenvalue weighted by molar-refractivity contribution is -0.136. The van der Waals surface area contributed by atoms with E-state index in [1.807, 2.05) is 0 Å². The van der Waals surface area contributed by atoms with Crippen molar-refractivity contribution in [2.24, 2.45) is 0 Å². The van der Waals surface area contributed by atoms with Crippen molar-refractivity contribution in [3.05, 3.63) is 47.5 Å². The summed E-state index contributed by atoms with van der Waals surface area (Å²) in [4.78, 5) is 32.3. The van der Waals surface area contributed by atoms with Gasteiger partial charge < -0.3 is 29.9 Å². The number of hydrogen-bond acceptors (Lipinski definition) is 7. The minimum Gasteiger partial charge on any atom is -0.486 e. The summed E-state index contributed by atoms with van der Waals surface area (Å²) in [6.45, 7) is 6.12. The molecule has 9 nitrogen and oxygen atoms in total. The number of nitrogens with one attached hydrogen (secondary N) is 2. The molecule has 3 aliphatic rings. The molecule has 0 aromatic heterocycles. The highest BCUT2D eigenvalue weighted by molar-refractivity contribution is 6.39. The Labute approximate surface area is 206 Å². The molecule has 2 aromatic carbocycles. The lowest BCUT2D eigenvalue weighted by Crippen LogP contribution is -2.49. The molecule has 2 N–H and O–H groups in total. The summed E-state index contributed by atoms with van der Waals surface area (Å²) in [5, 5.41) is 5.54. The van der Waals surface area contributed by atoms with Crippen molar-refractivity contribution in [2.45, 2.75) is 12.5 Å². The van der Waals surface area contributed by atoms with E-state index in [1.54, 1.807) is 18.2 Å². The van der Waals surface area contributed by atoms with Gasteiger partial charge in [0.2, 0.25) is 0 Å². The molecule has 0 bridgehead atoms. The first-order valence-electron chi connectivity index (χ1n) is 12.2. The molecular formula is C26H33N5O4. The number of benzene rings is 2.